The van der Waals surface area contributed by atoms with E-state index < -0.39 is 0 Å². The molecule has 1 heterocycles. The first kappa shape index (κ1) is 19.6. The molecule has 0 bridgehead atoms. The second-order valence-electron chi connectivity index (χ2n) is 5.94. The topological polar surface area (TPSA) is 71.2 Å². The molecule has 6 heteroatoms. The van der Waals surface area contributed by atoms with E-state index in [0.29, 0.717) is 25.2 Å². The van der Waals surface area contributed by atoms with E-state index in [9.17, 15) is 4.79 Å². The number of amides is 1. The minimum atomic E-state index is -0.107. The van der Waals surface area contributed by atoms with Gasteiger partial charge in [0.2, 0.25) is 0 Å². The third kappa shape index (κ3) is 5.92. The molecule has 1 atom stereocenters. The van der Waals surface area contributed by atoms with Crippen LogP contribution < -0.4 is 11.1 Å². The van der Waals surface area contributed by atoms with E-state index in [1.165, 1.54) is 16.9 Å². The Hall–Kier alpha value is -1.76. The molecule has 136 valence electrons. The fraction of sp³-hybridized carbons (Fsp3) is 0.474. The number of aromatic nitrogens is 1. The van der Waals surface area contributed by atoms with Gasteiger partial charge in [0.15, 0.2) is 0 Å². The summed E-state index contributed by atoms with van der Waals surface area (Å²) in [5.74, 6) is -0.107. The average Bonchev–Trinajstić information content (AvgIpc) is 3.10. The van der Waals surface area contributed by atoms with Crippen LogP contribution in [-0.2, 0) is 12.8 Å². The van der Waals surface area contributed by atoms with Gasteiger partial charge in [-0.05, 0) is 31.6 Å². The van der Waals surface area contributed by atoms with Gasteiger partial charge >= 0.3 is 0 Å². The zero-order valence-electron chi connectivity index (χ0n) is 15.1. The summed E-state index contributed by atoms with van der Waals surface area (Å²) < 4.78 is 0. The van der Waals surface area contributed by atoms with Gasteiger partial charge in [-0.2, -0.15) is 0 Å². The standard InChI is InChI=1S/C19H28N4OS/c1-3-23(4-2)16(12-15-8-6-5-7-9-15)13-21-19(24)17-14-25-18(22-17)10-11-20/h5-9,14,16H,3-4,10-13,20H2,1-2H3,(H,21,24). The second kappa shape index (κ2) is 10.3. The molecule has 2 aromatic rings. The van der Waals surface area contributed by atoms with Crippen molar-refractivity contribution in [1.29, 1.82) is 0 Å². The predicted molar refractivity (Wildman–Crippen MR) is 104 cm³/mol. The Balaban J connectivity index is 1.99. The SMILES string of the molecule is CCN(CC)C(CNC(=O)c1csc(CCN)n1)Cc1ccccc1. The first-order chi connectivity index (χ1) is 12.2. The van der Waals surface area contributed by atoms with E-state index in [2.05, 4.69) is 53.3 Å². The van der Waals surface area contributed by atoms with Crippen molar-refractivity contribution in [1.82, 2.24) is 15.2 Å². The van der Waals surface area contributed by atoms with E-state index >= 15 is 0 Å². The van der Waals surface area contributed by atoms with Crippen LogP contribution in [0.15, 0.2) is 35.7 Å². The smallest absolute Gasteiger partial charge is 0.270 e. The number of rotatable bonds is 10. The minimum Gasteiger partial charge on any atom is -0.349 e. The van der Waals surface area contributed by atoms with Crippen molar-refractivity contribution in [3.05, 3.63) is 52.0 Å². The van der Waals surface area contributed by atoms with Crippen LogP contribution in [0.25, 0.3) is 0 Å². The van der Waals surface area contributed by atoms with Crippen LogP contribution in [0.2, 0.25) is 0 Å². The molecular weight excluding hydrogens is 332 g/mol. The summed E-state index contributed by atoms with van der Waals surface area (Å²) in [5.41, 5.74) is 7.32. The number of nitrogens with zero attached hydrogens (tertiary/aromatic N) is 2. The molecule has 25 heavy (non-hydrogen) atoms. The van der Waals surface area contributed by atoms with E-state index in [4.69, 9.17) is 5.73 Å². The highest BCUT2D eigenvalue weighted by Gasteiger charge is 2.18. The normalized spacial score (nSPS) is 12.3. The Morgan fingerprint density at radius 1 is 1.28 bits per heavy atom. The number of thiazole rings is 1. The van der Waals surface area contributed by atoms with E-state index in [-0.39, 0.29) is 11.9 Å². The maximum atomic E-state index is 12.4. The van der Waals surface area contributed by atoms with Crippen LogP contribution in [0.3, 0.4) is 0 Å². The van der Waals surface area contributed by atoms with E-state index in [1.807, 2.05) is 11.4 Å². The van der Waals surface area contributed by atoms with Gasteiger partial charge in [0.05, 0.1) is 5.01 Å². The predicted octanol–water partition coefficient (Wildman–Crippen LogP) is 2.33. The van der Waals surface area contributed by atoms with Crippen LogP contribution in [-0.4, -0.2) is 48.0 Å². The lowest BCUT2D eigenvalue weighted by Gasteiger charge is -2.30. The van der Waals surface area contributed by atoms with Crippen LogP contribution in [0.4, 0.5) is 0 Å². The fourth-order valence-electron chi connectivity index (χ4n) is 2.91. The van der Waals surface area contributed by atoms with Gasteiger partial charge < -0.3 is 11.1 Å². The van der Waals surface area contributed by atoms with Crippen molar-refractivity contribution < 1.29 is 4.79 Å². The number of carbonyl (C=O) groups is 1. The van der Waals surface area contributed by atoms with Gasteiger partial charge in [0, 0.05) is 24.4 Å². The molecular formula is C19H28N4OS. The molecule has 0 aliphatic rings. The maximum absolute atomic E-state index is 12.4. The van der Waals surface area contributed by atoms with Crippen LogP contribution in [0, 0.1) is 0 Å². The molecule has 1 aromatic heterocycles. The molecule has 1 aromatic carbocycles. The maximum Gasteiger partial charge on any atom is 0.270 e. The number of carbonyl (C=O) groups excluding carboxylic acids is 1. The zero-order chi connectivity index (χ0) is 18.1. The molecule has 1 unspecified atom stereocenters. The van der Waals surface area contributed by atoms with Crippen molar-refractivity contribution >= 4 is 17.2 Å². The lowest BCUT2D eigenvalue weighted by atomic mass is 10.0. The summed E-state index contributed by atoms with van der Waals surface area (Å²) >= 11 is 1.49. The van der Waals surface area contributed by atoms with Gasteiger partial charge in [-0.3, -0.25) is 9.69 Å². The van der Waals surface area contributed by atoms with E-state index in [0.717, 1.165) is 24.5 Å². The van der Waals surface area contributed by atoms with Gasteiger partial charge in [0.25, 0.3) is 5.91 Å². The Morgan fingerprint density at radius 3 is 2.64 bits per heavy atom. The molecule has 0 spiro atoms. The Morgan fingerprint density at radius 2 is 2.00 bits per heavy atom. The third-order valence-electron chi connectivity index (χ3n) is 4.28. The summed E-state index contributed by atoms with van der Waals surface area (Å²) in [5, 5.41) is 5.78. The first-order valence-electron chi connectivity index (χ1n) is 8.88. The summed E-state index contributed by atoms with van der Waals surface area (Å²) in [6.07, 6.45) is 1.63. The lowest BCUT2D eigenvalue weighted by Crippen LogP contribution is -2.45. The summed E-state index contributed by atoms with van der Waals surface area (Å²) in [7, 11) is 0. The number of benzene rings is 1. The lowest BCUT2D eigenvalue weighted by molar-refractivity contribution is 0.0930. The molecule has 1 amide bonds. The molecule has 0 saturated heterocycles. The monoisotopic (exact) mass is 360 g/mol. The van der Waals surface area contributed by atoms with Gasteiger partial charge in [0.1, 0.15) is 5.69 Å². The Kier molecular flexibility index (Phi) is 8.04. The number of hydrogen-bond donors (Lipinski definition) is 2. The highest BCUT2D eigenvalue weighted by Crippen LogP contribution is 2.11. The number of hydrogen-bond acceptors (Lipinski definition) is 5. The van der Waals surface area contributed by atoms with Crippen molar-refractivity contribution in [2.75, 3.05) is 26.2 Å². The zero-order valence-corrected chi connectivity index (χ0v) is 15.9. The highest BCUT2D eigenvalue weighted by atomic mass is 32.1. The largest absolute Gasteiger partial charge is 0.349 e. The average molecular weight is 361 g/mol. The Bertz CT molecular complexity index is 640. The van der Waals surface area contributed by atoms with Crippen LogP contribution >= 0.6 is 11.3 Å². The Labute approximate surface area is 154 Å². The van der Waals surface area contributed by atoms with Gasteiger partial charge in [-0.25, -0.2) is 4.98 Å². The fourth-order valence-corrected chi connectivity index (χ4v) is 3.71. The molecule has 2 rings (SSSR count). The molecule has 5 nitrogen and oxygen atoms in total. The molecule has 0 aliphatic heterocycles. The van der Waals surface area contributed by atoms with Gasteiger partial charge in [-0.1, -0.05) is 44.2 Å². The third-order valence-corrected chi connectivity index (χ3v) is 5.19. The molecule has 0 aliphatic carbocycles. The number of likely N-dealkylation sites (N-methyl/N-ethyl adjacent to an activating group) is 1. The summed E-state index contributed by atoms with van der Waals surface area (Å²) in [6, 6.07) is 10.7. The minimum absolute atomic E-state index is 0.107. The number of nitrogens with one attached hydrogen (secondary N) is 1. The van der Waals surface area contributed by atoms with Gasteiger partial charge in [-0.15, -0.1) is 11.3 Å². The quantitative estimate of drug-likeness (QED) is 0.682. The molecule has 3 N–H and O–H groups in total. The van der Waals surface area contributed by atoms with Crippen molar-refractivity contribution in [2.24, 2.45) is 5.73 Å². The molecule has 0 fully saturated rings. The van der Waals surface area contributed by atoms with Crippen molar-refractivity contribution in [2.45, 2.75) is 32.7 Å². The summed E-state index contributed by atoms with van der Waals surface area (Å²) in [6.45, 7) is 7.39. The second-order valence-corrected chi connectivity index (χ2v) is 6.88. The van der Waals surface area contributed by atoms with Crippen LogP contribution in [0.1, 0.15) is 34.9 Å². The van der Waals surface area contributed by atoms with E-state index in [1.54, 1.807) is 0 Å². The number of nitrogens with two attached hydrogens (primary N) is 1. The first-order valence-corrected chi connectivity index (χ1v) is 9.76. The van der Waals surface area contributed by atoms with Crippen molar-refractivity contribution in [3.8, 4) is 0 Å². The molecule has 0 saturated carbocycles. The van der Waals surface area contributed by atoms with Crippen LogP contribution in [0.5, 0.6) is 0 Å². The molecule has 0 radical (unpaired) electrons. The van der Waals surface area contributed by atoms with Crippen molar-refractivity contribution in [3.63, 3.8) is 0 Å². The summed E-state index contributed by atoms with van der Waals surface area (Å²) in [4.78, 5) is 19.1. The highest BCUT2D eigenvalue weighted by molar-refractivity contribution is 7.09.